The number of aromatic nitrogens is 4. The minimum absolute atomic E-state index is 0.151. The second kappa shape index (κ2) is 8.92. The van der Waals surface area contributed by atoms with E-state index in [4.69, 9.17) is 17.0 Å². The van der Waals surface area contributed by atoms with E-state index in [2.05, 4.69) is 20.5 Å². The summed E-state index contributed by atoms with van der Waals surface area (Å²) in [4.78, 5) is 16.8. The van der Waals surface area contributed by atoms with Crippen LogP contribution in [0, 0.1) is 11.7 Å². The van der Waals surface area contributed by atoms with Gasteiger partial charge in [-0.3, -0.25) is 9.89 Å². The Morgan fingerprint density at radius 2 is 2.30 bits per heavy atom. The van der Waals surface area contributed by atoms with Crippen molar-refractivity contribution in [1.82, 2.24) is 25.1 Å². The molecular weight excluding hydrogens is 382 g/mol. The summed E-state index contributed by atoms with van der Waals surface area (Å²) >= 11 is 6.75. The Morgan fingerprint density at radius 3 is 3.04 bits per heavy atom. The first-order valence-corrected chi connectivity index (χ1v) is 9.91. The van der Waals surface area contributed by atoms with Crippen molar-refractivity contribution in [3.8, 4) is 5.75 Å². The van der Waals surface area contributed by atoms with Crippen LogP contribution in [-0.2, 0) is 19.6 Å². The second-order valence-corrected chi connectivity index (χ2v) is 7.32. The maximum Gasteiger partial charge on any atom is 0.251 e. The number of carbonyl (C=O) groups is 1. The fourth-order valence-electron chi connectivity index (χ4n) is 2.62. The molecule has 0 aliphatic rings. The van der Waals surface area contributed by atoms with Crippen LogP contribution < -0.4 is 10.1 Å². The van der Waals surface area contributed by atoms with E-state index < -0.39 is 0 Å². The fraction of sp³-hybridized carbons (Fsp3) is 0.333. The molecule has 0 spiro atoms. The molecule has 0 aliphatic carbocycles. The van der Waals surface area contributed by atoms with Crippen LogP contribution in [-0.4, -0.2) is 32.2 Å². The SMILES string of the molecule is CCn1c(CCNC(=O)c2cccc(OCc3csc(C)n3)c2)n[nH]c1=S. The Labute approximate surface area is 166 Å². The van der Waals surface area contributed by atoms with Crippen molar-refractivity contribution < 1.29 is 9.53 Å². The lowest BCUT2D eigenvalue weighted by molar-refractivity contribution is 0.0953. The van der Waals surface area contributed by atoms with Gasteiger partial charge in [0.1, 0.15) is 18.2 Å². The molecule has 0 aliphatic heterocycles. The van der Waals surface area contributed by atoms with Gasteiger partial charge in [-0.05, 0) is 44.3 Å². The molecular formula is C18H21N5O2S2. The number of nitrogens with zero attached hydrogens (tertiary/aromatic N) is 3. The van der Waals surface area contributed by atoms with Crippen LogP contribution in [0.3, 0.4) is 0 Å². The van der Waals surface area contributed by atoms with Crippen molar-refractivity contribution in [3.05, 3.63) is 56.5 Å². The number of nitrogens with one attached hydrogen (secondary N) is 2. The van der Waals surface area contributed by atoms with Crippen LogP contribution in [0.5, 0.6) is 5.75 Å². The lowest BCUT2D eigenvalue weighted by Crippen LogP contribution is -2.26. The summed E-state index contributed by atoms with van der Waals surface area (Å²) in [6.07, 6.45) is 0.603. The molecule has 0 bridgehead atoms. The number of aryl methyl sites for hydroxylation is 1. The minimum Gasteiger partial charge on any atom is -0.487 e. The summed E-state index contributed by atoms with van der Waals surface area (Å²) in [5, 5.41) is 12.9. The number of H-pyrrole nitrogens is 1. The molecule has 1 aromatic carbocycles. The molecule has 1 amide bonds. The van der Waals surface area contributed by atoms with E-state index in [9.17, 15) is 4.79 Å². The lowest BCUT2D eigenvalue weighted by atomic mass is 10.2. The Balaban J connectivity index is 1.54. The summed E-state index contributed by atoms with van der Waals surface area (Å²) in [5.74, 6) is 1.32. The first-order chi connectivity index (χ1) is 13.1. The molecule has 0 saturated carbocycles. The average Bonchev–Trinajstić information content (AvgIpc) is 3.25. The van der Waals surface area contributed by atoms with E-state index in [0.717, 1.165) is 23.1 Å². The molecule has 0 atom stereocenters. The molecule has 0 saturated heterocycles. The van der Waals surface area contributed by atoms with Gasteiger partial charge in [0, 0.05) is 30.5 Å². The van der Waals surface area contributed by atoms with Crippen LogP contribution >= 0.6 is 23.6 Å². The predicted octanol–water partition coefficient (Wildman–Crippen LogP) is 3.28. The second-order valence-electron chi connectivity index (χ2n) is 5.87. The topological polar surface area (TPSA) is 84.8 Å². The van der Waals surface area contributed by atoms with Gasteiger partial charge in [0.05, 0.1) is 10.7 Å². The third-order valence-corrected chi connectivity index (χ3v) is 5.07. The highest BCUT2D eigenvalue weighted by molar-refractivity contribution is 7.71. The number of rotatable bonds is 8. The molecule has 0 fully saturated rings. The largest absolute Gasteiger partial charge is 0.487 e. The monoisotopic (exact) mass is 403 g/mol. The minimum atomic E-state index is -0.151. The zero-order valence-corrected chi connectivity index (χ0v) is 16.8. The molecule has 0 unspecified atom stereocenters. The van der Waals surface area contributed by atoms with Crippen molar-refractivity contribution in [3.63, 3.8) is 0 Å². The maximum atomic E-state index is 12.4. The Morgan fingerprint density at radius 1 is 1.44 bits per heavy atom. The first kappa shape index (κ1) is 19.2. The van der Waals surface area contributed by atoms with E-state index in [1.54, 1.807) is 29.5 Å². The Kier molecular flexibility index (Phi) is 6.36. The molecule has 27 heavy (non-hydrogen) atoms. The van der Waals surface area contributed by atoms with Crippen molar-refractivity contribution in [2.24, 2.45) is 0 Å². The van der Waals surface area contributed by atoms with Crippen LogP contribution in [0.1, 0.15) is 33.8 Å². The van der Waals surface area contributed by atoms with Crippen molar-refractivity contribution >= 4 is 29.5 Å². The molecule has 2 heterocycles. The van der Waals surface area contributed by atoms with Gasteiger partial charge >= 0.3 is 0 Å². The van der Waals surface area contributed by atoms with E-state index in [1.807, 2.05) is 29.9 Å². The summed E-state index contributed by atoms with van der Waals surface area (Å²) in [7, 11) is 0. The van der Waals surface area contributed by atoms with Gasteiger partial charge in [-0.2, -0.15) is 5.10 Å². The highest BCUT2D eigenvalue weighted by atomic mass is 32.1. The summed E-state index contributed by atoms with van der Waals surface area (Å²) < 4.78 is 8.25. The zero-order valence-electron chi connectivity index (χ0n) is 15.2. The zero-order chi connectivity index (χ0) is 19.2. The number of thiazole rings is 1. The van der Waals surface area contributed by atoms with Gasteiger partial charge in [0.2, 0.25) is 0 Å². The van der Waals surface area contributed by atoms with Gasteiger partial charge in [-0.25, -0.2) is 4.98 Å². The number of hydrogen-bond acceptors (Lipinski definition) is 6. The summed E-state index contributed by atoms with van der Waals surface area (Å²) in [5.41, 5.74) is 1.44. The maximum absolute atomic E-state index is 12.4. The standard InChI is InChI=1S/C18H21N5O2S2/c1-3-23-16(21-22-18(23)26)7-8-19-17(24)13-5-4-6-15(9-13)25-10-14-11-27-12(2)20-14/h4-6,9,11H,3,7-8,10H2,1-2H3,(H,19,24)(H,22,26). The molecule has 2 aromatic heterocycles. The normalized spacial score (nSPS) is 10.7. The molecule has 7 nitrogen and oxygen atoms in total. The highest BCUT2D eigenvalue weighted by Gasteiger charge is 2.09. The van der Waals surface area contributed by atoms with Gasteiger partial charge in [0.25, 0.3) is 5.91 Å². The molecule has 0 radical (unpaired) electrons. The highest BCUT2D eigenvalue weighted by Crippen LogP contribution is 2.16. The average molecular weight is 404 g/mol. The molecule has 3 rings (SSSR count). The number of hydrogen-bond donors (Lipinski definition) is 2. The summed E-state index contributed by atoms with van der Waals surface area (Å²) in [6.45, 7) is 5.57. The number of ether oxygens (including phenoxy) is 1. The van der Waals surface area contributed by atoms with Crippen molar-refractivity contribution in [1.29, 1.82) is 0 Å². The van der Waals surface area contributed by atoms with Crippen LogP contribution in [0.2, 0.25) is 0 Å². The number of benzene rings is 1. The fourth-order valence-corrected chi connectivity index (χ4v) is 3.49. The number of aromatic amines is 1. The van der Waals surface area contributed by atoms with Crippen molar-refractivity contribution in [2.75, 3.05) is 6.54 Å². The molecule has 9 heteroatoms. The third-order valence-electron chi connectivity index (χ3n) is 3.94. The van der Waals surface area contributed by atoms with Gasteiger partial charge in [-0.15, -0.1) is 11.3 Å². The van der Waals surface area contributed by atoms with E-state index in [-0.39, 0.29) is 5.91 Å². The Hall–Kier alpha value is -2.52. The molecule has 3 aromatic rings. The summed E-state index contributed by atoms with van der Waals surface area (Å²) in [6, 6.07) is 7.13. The quantitative estimate of drug-likeness (QED) is 0.564. The van der Waals surface area contributed by atoms with Crippen molar-refractivity contribution in [2.45, 2.75) is 33.4 Å². The third kappa shape index (κ3) is 5.01. The van der Waals surface area contributed by atoms with Crippen LogP contribution in [0.4, 0.5) is 0 Å². The van der Waals surface area contributed by atoms with Crippen LogP contribution in [0.15, 0.2) is 29.6 Å². The van der Waals surface area contributed by atoms with Gasteiger partial charge in [-0.1, -0.05) is 6.07 Å². The van der Waals surface area contributed by atoms with Crippen LogP contribution in [0.25, 0.3) is 0 Å². The predicted molar refractivity (Wildman–Crippen MR) is 107 cm³/mol. The van der Waals surface area contributed by atoms with E-state index >= 15 is 0 Å². The smallest absolute Gasteiger partial charge is 0.251 e. The molecule has 2 N–H and O–H groups in total. The van der Waals surface area contributed by atoms with E-state index in [0.29, 0.717) is 35.7 Å². The van der Waals surface area contributed by atoms with Gasteiger partial charge in [0.15, 0.2) is 4.77 Å². The number of amides is 1. The van der Waals surface area contributed by atoms with E-state index in [1.165, 1.54) is 0 Å². The Bertz CT molecular complexity index is 976. The molecule has 142 valence electrons. The number of carbonyl (C=O) groups excluding carboxylic acids is 1. The lowest BCUT2D eigenvalue weighted by Gasteiger charge is -2.08. The van der Waals surface area contributed by atoms with Gasteiger partial charge < -0.3 is 14.6 Å². The first-order valence-electron chi connectivity index (χ1n) is 8.63.